The number of benzene rings is 1. The molecule has 1 amide bonds. The molecule has 0 radical (unpaired) electrons. The maximum atomic E-state index is 10.9. The maximum Gasteiger partial charge on any atom is 0.216 e. The molecule has 1 aliphatic heterocycles. The highest BCUT2D eigenvalue weighted by molar-refractivity contribution is 5.72. The Labute approximate surface area is 116 Å². The van der Waals surface area contributed by atoms with Crippen LogP contribution in [-0.4, -0.2) is 29.9 Å². The number of nitrogens with zero attached hydrogens (tertiary/aromatic N) is 1. The summed E-state index contributed by atoms with van der Waals surface area (Å²) >= 11 is 0. The number of hydrogen-bond acceptors (Lipinski definition) is 2. The smallest absolute Gasteiger partial charge is 0.216 e. The second-order valence-electron chi connectivity index (χ2n) is 5.38. The summed E-state index contributed by atoms with van der Waals surface area (Å²) in [7, 11) is 0. The molecule has 0 unspecified atom stereocenters. The predicted octanol–water partition coefficient (Wildman–Crippen LogP) is 2.57. The van der Waals surface area contributed by atoms with Crippen molar-refractivity contribution in [2.45, 2.75) is 45.2 Å². The van der Waals surface area contributed by atoms with Gasteiger partial charge >= 0.3 is 0 Å². The molecule has 104 valence electrons. The van der Waals surface area contributed by atoms with Gasteiger partial charge in [-0.1, -0.05) is 36.8 Å². The second kappa shape index (κ2) is 7.29. The highest BCUT2D eigenvalue weighted by Crippen LogP contribution is 2.21. The zero-order chi connectivity index (χ0) is 13.5. The Kier molecular flexibility index (Phi) is 5.40. The van der Waals surface area contributed by atoms with E-state index in [9.17, 15) is 4.79 Å². The maximum absolute atomic E-state index is 10.9. The average molecular weight is 260 g/mol. The van der Waals surface area contributed by atoms with Crippen LogP contribution in [0.25, 0.3) is 0 Å². The van der Waals surface area contributed by atoms with Gasteiger partial charge in [-0.15, -0.1) is 0 Å². The zero-order valence-corrected chi connectivity index (χ0v) is 11.8. The minimum absolute atomic E-state index is 0.0745. The molecule has 1 saturated heterocycles. The van der Waals surface area contributed by atoms with Gasteiger partial charge in [-0.2, -0.15) is 0 Å². The first-order chi connectivity index (χ1) is 9.25. The van der Waals surface area contributed by atoms with Gasteiger partial charge in [-0.3, -0.25) is 9.69 Å². The summed E-state index contributed by atoms with van der Waals surface area (Å²) in [4.78, 5) is 13.5. The van der Waals surface area contributed by atoms with Gasteiger partial charge in [0.25, 0.3) is 0 Å². The Bertz CT molecular complexity index is 391. The Morgan fingerprint density at radius 2 is 2.11 bits per heavy atom. The number of rotatable bonds is 5. The van der Waals surface area contributed by atoms with Crippen molar-refractivity contribution < 1.29 is 4.79 Å². The van der Waals surface area contributed by atoms with Gasteiger partial charge < -0.3 is 5.32 Å². The molecular formula is C16H24N2O. The van der Waals surface area contributed by atoms with E-state index < -0.39 is 0 Å². The van der Waals surface area contributed by atoms with Gasteiger partial charge in [0.1, 0.15) is 0 Å². The molecule has 1 atom stereocenters. The van der Waals surface area contributed by atoms with Gasteiger partial charge in [-0.05, 0) is 31.4 Å². The van der Waals surface area contributed by atoms with Crippen LogP contribution in [0.3, 0.4) is 0 Å². The minimum Gasteiger partial charge on any atom is -0.356 e. The van der Waals surface area contributed by atoms with Crippen molar-refractivity contribution in [1.29, 1.82) is 0 Å². The molecule has 1 heterocycles. The van der Waals surface area contributed by atoms with Gasteiger partial charge in [0, 0.05) is 26.1 Å². The third kappa shape index (κ3) is 4.67. The summed E-state index contributed by atoms with van der Waals surface area (Å²) in [6.07, 6.45) is 4.93. The van der Waals surface area contributed by atoms with Crippen LogP contribution in [0.2, 0.25) is 0 Å². The first kappa shape index (κ1) is 14.1. The quantitative estimate of drug-likeness (QED) is 0.882. The third-order valence-electron chi connectivity index (χ3n) is 3.83. The molecule has 0 saturated carbocycles. The van der Waals surface area contributed by atoms with Gasteiger partial charge in [0.15, 0.2) is 0 Å². The minimum atomic E-state index is 0.0745. The van der Waals surface area contributed by atoms with Gasteiger partial charge in [-0.25, -0.2) is 0 Å². The van der Waals surface area contributed by atoms with E-state index in [-0.39, 0.29) is 5.91 Å². The number of carbonyl (C=O) groups excluding carboxylic acids is 1. The lowest BCUT2D eigenvalue weighted by atomic mass is 9.98. The molecule has 0 bridgehead atoms. The van der Waals surface area contributed by atoms with Gasteiger partial charge in [0.05, 0.1) is 0 Å². The monoisotopic (exact) mass is 260 g/mol. The van der Waals surface area contributed by atoms with Gasteiger partial charge in [0.2, 0.25) is 5.91 Å². The van der Waals surface area contributed by atoms with Crippen LogP contribution < -0.4 is 5.32 Å². The normalized spacial score (nSPS) is 20.2. The lowest BCUT2D eigenvalue weighted by Crippen LogP contribution is -2.41. The van der Waals surface area contributed by atoms with Crippen molar-refractivity contribution in [3.8, 4) is 0 Å². The lowest BCUT2D eigenvalue weighted by Gasteiger charge is -2.36. The Morgan fingerprint density at radius 3 is 2.84 bits per heavy atom. The molecule has 19 heavy (non-hydrogen) atoms. The zero-order valence-electron chi connectivity index (χ0n) is 11.8. The molecule has 1 N–H and O–H groups in total. The van der Waals surface area contributed by atoms with E-state index >= 15 is 0 Å². The average Bonchev–Trinajstić information content (AvgIpc) is 2.41. The van der Waals surface area contributed by atoms with E-state index in [1.165, 1.54) is 31.4 Å². The predicted molar refractivity (Wildman–Crippen MR) is 77.8 cm³/mol. The number of amides is 1. The van der Waals surface area contributed by atoms with Crippen LogP contribution in [0.5, 0.6) is 0 Å². The fraction of sp³-hybridized carbons (Fsp3) is 0.562. The molecule has 0 spiro atoms. The van der Waals surface area contributed by atoms with E-state index in [1.54, 1.807) is 6.92 Å². The van der Waals surface area contributed by atoms with E-state index in [1.807, 2.05) is 0 Å². The van der Waals surface area contributed by atoms with E-state index in [2.05, 4.69) is 40.5 Å². The third-order valence-corrected chi connectivity index (χ3v) is 3.83. The molecule has 1 aromatic carbocycles. The molecule has 1 aliphatic rings. The first-order valence-corrected chi connectivity index (χ1v) is 7.28. The summed E-state index contributed by atoms with van der Waals surface area (Å²) in [5.41, 5.74) is 1.38. The molecular weight excluding hydrogens is 236 g/mol. The van der Waals surface area contributed by atoms with E-state index in [0.717, 1.165) is 19.5 Å². The lowest BCUT2D eigenvalue weighted by molar-refractivity contribution is -0.119. The van der Waals surface area contributed by atoms with E-state index in [0.29, 0.717) is 6.04 Å². The van der Waals surface area contributed by atoms with Crippen molar-refractivity contribution in [1.82, 2.24) is 10.2 Å². The van der Waals surface area contributed by atoms with Crippen molar-refractivity contribution in [3.05, 3.63) is 35.9 Å². The number of hydrogen-bond donors (Lipinski definition) is 1. The molecule has 0 aromatic heterocycles. The molecule has 3 heteroatoms. The fourth-order valence-corrected chi connectivity index (χ4v) is 2.83. The highest BCUT2D eigenvalue weighted by Gasteiger charge is 2.21. The van der Waals surface area contributed by atoms with Crippen LogP contribution >= 0.6 is 0 Å². The summed E-state index contributed by atoms with van der Waals surface area (Å²) in [6, 6.07) is 11.3. The largest absolute Gasteiger partial charge is 0.356 e. The van der Waals surface area contributed by atoms with Crippen molar-refractivity contribution in [2.24, 2.45) is 0 Å². The Morgan fingerprint density at radius 1 is 1.32 bits per heavy atom. The second-order valence-corrected chi connectivity index (χ2v) is 5.38. The van der Waals surface area contributed by atoms with Crippen LogP contribution in [0.4, 0.5) is 0 Å². The number of piperidine rings is 1. The summed E-state index contributed by atoms with van der Waals surface area (Å²) in [5, 5.41) is 2.91. The molecule has 3 nitrogen and oxygen atoms in total. The Balaban J connectivity index is 1.86. The number of carbonyl (C=O) groups is 1. The highest BCUT2D eigenvalue weighted by atomic mass is 16.1. The fourth-order valence-electron chi connectivity index (χ4n) is 2.83. The van der Waals surface area contributed by atoms with Crippen molar-refractivity contribution in [2.75, 3.05) is 13.1 Å². The molecule has 1 fully saturated rings. The van der Waals surface area contributed by atoms with Crippen LogP contribution in [0.15, 0.2) is 30.3 Å². The van der Waals surface area contributed by atoms with Crippen LogP contribution in [0, 0.1) is 0 Å². The molecule has 0 aliphatic carbocycles. The number of nitrogens with one attached hydrogen (secondary N) is 1. The van der Waals surface area contributed by atoms with Crippen LogP contribution in [-0.2, 0) is 11.3 Å². The summed E-state index contributed by atoms with van der Waals surface area (Å²) in [5.74, 6) is 0.0745. The first-order valence-electron chi connectivity index (χ1n) is 7.28. The van der Waals surface area contributed by atoms with E-state index in [4.69, 9.17) is 0 Å². The Hall–Kier alpha value is -1.35. The summed E-state index contributed by atoms with van der Waals surface area (Å²) in [6.45, 7) is 4.60. The van der Waals surface area contributed by atoms with Crippen molar-refractivity contribution >= 4 is 5.91 Å². The number of likely N-dealkylation sites (tertiary alicyclic amines) is 1. The molecule has 2 rings (SSSR count). The van der Waals surface area contributed by atoms with Crippen molar-refractivity contribution in [3.63, 3.8) is 0 Å². The standard InChI is InChI=1S/C16H24N2O/c1-14(19)17-11-10-16-9-5-6-12-18(16)13-15-7-3-2-4-8-15/h2-4,7-8,16H,5-6,9-13H2,1H3,(H,17,19)/t16-/m0/s1. The SMILES string of the molecule is CC(=O)NCC[C@@H]1CCCCN1Cc1ccccc1. The molecule has 1 aromatic rings. The van der Waals surface area contributed by atoms with Crippen LogP contribution in [0.1, 0.15) is 38.2 Å². The summed E-state index contributed by atoms with van der Waals surface area (Å²) < 4.78 is 0. The topological polar surface area (TPSA) is 32.3 Å².